The molecule has 1 atom stereocenters. The molecule has 0 unspecified atom stereocenters. The minimum absolute atomic E-state index is 0.0143. The van der Waals surface area contributed by atoms with Crippen LogP contribution >= 0.6 is 23.1 Å². The summed E-state index contributed by atoms with van der Waals surface area (Å²) in [4.78, 5) is 29.8. The van der Waals surface area contributed by atoms with Crippen LogP contribution in [0, 0.1) is 0 Å². The number of hydrogen-bond acceptors (Lipinski definition) is 6. The number of nitrogens with zero attached hydrogens (tertiary/aromatic N) is 2. The number of carbonyl (C=O) groups is 1. The summed E-state index contributed by atoms with van der Waals surface area (Å²) in [6.07, 6.45) is 0.808. The Balaban J connectivity index is 1.79. The van der Waals surface area contributed by atoms with Crippen LogP contribution in [0.1, 0.15) is 26.3 Å². The van der Waals surface area contributed by atoms with Crippen LogP contribution in [0.15, 0.2) is 45.7 Å². The van der Waals surface area contributed by atoms with E-state index in [2.05, 4.69) is 10.3 Å². The highest BCUT2D eigenvalue weighted by Crippen LogP contribution is 2.25. The van der Waals surface area contributed by atoms with Crippen molar-refractivity contribution in [1.82, 2.24) is 9.55 Å². The first-order valence-corrected chi connectivity index (χ1v) is 10.5. The van der Waals surface area contributed by atoms with Crippen molar-refractivity contribution in [2.75, 3.05) is 18.2 Å². The molecule has 1 N–H and O–H groups in total. The van der Waals surface area contributed by atoms with Crippen molar-refractivity contribution in [2.45, 2.75) is 31.5 Å². The summed E-state index contributed by atoms with van der Waals surface area (Å²) >= 11 is 2.67. The van der Waals surface area contributed by atoms with Crippen molar-refractivity contribution in [3.63, 3.8) is 0 Å². The van der Waals surface area contributed by atoms with Gasteiger partial charge in [-0.2, -0.15) is 0 Å². The van der Waals surface area contributed by atoms with Gasteiger partial charge in [-0.1, -0.05) is 24.8 Å². The van der Waals surface area contributed by atoms with Crippen LogP contribution < -0.4 is 15.6 Å². The number of benzene rings is 1. The number of aromatic nitrogens is 2. The van der Waals surface area contributed by atoms with Crippen molar-refractivity contribution >= 4 is 44.9 Å². The Morgan fingerprint density at radius 3 is 2.96 bits per heavy atom. The number of carbonyl (C=O) groups excluding carboxylic acids is 1. The van der Waals surface area contributed by atoms with Crippen LogP contribution in [0.3, 0.4) is 0 Å². The van der Waals surface area contributed by atoms with E-state index in [-0.39, 0.29) is 23.3 Å². The molecule has 8 heteroatoms. The predicted octanol–water partition coefficient (Wildman–Crippen LogP) is 4.17. The first-order chi connectivity index (χ1) is 13.0. The van der Waals surface area contributed by atoms with E-state index in [1.54, 1.807) is 23.8 Å². The van der Waals surface area contributed by atoms with E-state index in [0.717, 1.165) is 6.42 Å². The molecule has 1 aromatic carbocycles. The van der Waals surface area contributed by atoms with E-state index >= 15 is 0 Å². The number of methoxy groups -OCH3 is 1. The molecular weight excluding hydrogens is 382 g/mol. The van der Waals surface area contributed by atoms with Gasteiger partial charge in [-0.25, -0.2) is 4.98 Å². The summed E-state index contributed by atoms with van der Waals surface area (Å²) < 4.78 is 7.51. The smallest absolute Gasteiger partial charge is 0.272 e. The van der Waals surface area contributed by atoms with Crippen molar-refractivity contribution in [2.24, 2.45) is 0 Å². The number of fused-ring (bicyclic) bond motifs is 1. The zero-order chi connectivity index (χ0) is 19.4. The molecule has 0 spiro atoms. The van der Waals surface area contributed by atoms with E-state index in [1.807, 2.05) is 37.4 Å². The van der Waals surface area contributed by atoms with E-state index in [1.165, 1.54) is 23.1 Å². The molecule has 0 bridgehead atoms. The van der Waals surface area contributed by atoms with Gasteiger partial charge in [-0.05, 0) is 36.9 Å². The van der Waals surface area contributed by atoms with Gasteiger partial charge in [0.2, 0.25) is 5.91 Å². The van der Waals surface area contributed by atoms with Crippen LogP contribution in [0.4, 0.5) is 5.69 Å². The summed E-state index contributed by atoms with van der Waals surface area (Å²) in [5, 5.41) is 5.28. The highest BCUT2D eigenvalue weighted by atomic mass is 32.2. The minimum atomic E-state index is -0.163. The fraction of sp³-hybridized carbons (Fsp3) is 0.316. The standard InChI is InChI=1S/C19H21N3O3S2/c1-4-12(2)22-18(24)17-15(8-9-26-17)21-19(22)27-11-16(23)20-13-6-5-7-14(10-13)25-3/h5-10,12H,4,11H2,1-3H3,(H,20,23)/t12-/m0/s1. The van der Waals surface area contributed by atoms with Crippen molar-refractivity contribution in [1.29, 1.82) is 0 Å². The fourth-order valence-electron chi connectivity index (χ4n) is 2.60. The monoisotopic (exact) mass is 403 g/mol. The third-order valence-electron chi connectivity index (χ3n) is 4.20. The predicted molar refractivity (Wildman–Crippen MR) is 111 cm³/mol. The van der Waals surface area contributed by atoms with E-state index < -0.39 is 0 Å². The zero-order valence-electron chi connectivity index (χ0n) is 15.4. The second-order valence-electron chi connectivity index (χ2n) is 6.03. The van der Waals surface area contributed by atoms with Crippen molar-refractivity contribution in [3.8, 4) is 5.75 Å². The molecule has 142 valence electrons. The van der Waals surface area contributed by atoms with Gasteiger partial charge in [0.05, 0.1) is 18.4 Å². The van der Waals surface area contributed by atoms with Gasteiger partial charge in [-0.3, -0.25) is 14.2 Å². The Morgan fingerprint density at radius 2 is 2.22 bits per heavy atom. The number of thiophene rings is 1. The molecule has 0 aliphatic carbocycles. The van der Waals surface area contributed by atoms with E-state index in [0.29, 0.717) is 26.8 Å². The second-order valence-corrected chi connectivity index (χ2v) is 7.89. The Morgan fingerprint density at radius 1 is 1.41 bits per heavy atom. The van der Waals surface area contributed by atoms with Gasteiger partial charge in [0.15, 0.2) is 5.16 Å². The molecule has 0 saturated heterocycles. The molecular formula is C19H21N3O3S2. The van der Waals surface area contributed by atoms with Crippen LogP contribution in [0.2, 0.25) is 0 Å². The lowest BCUT2D eigenvalue weighted by Crippen LogP contribution is -2.26. The summed E-state index contributed by atoms with van der Waals surface area (Å²) in [6.45, 7) is 4.02. The van der Waals surface area contributed by atoms with Gasteiger partial charge >= 0.3 is 0 Å². The number of nitrogens with one attached hydrogen (secondary N) is 1. The molecule has 0 fully saturated rings. The fourth-order valence-corrected chi connectivity index (χ4v) is 4.27. The maximum atomic E-state index is 12.8. The normalized spacial score (nSPS) is 12.1. The van der Waals surface area contributed by atoms with Crippen molar-refractivity contribution in [3.05, 3.63) is 46.1 Å². The Kier molecular flexibility index (Phi) is 6.18. The topological polar surface area (TPSA) is 73.2 Å². The van der Waals surface area contributed by atoms with E-state index in [9.17, 15) is 9.59 Å². The van der Waals surface area contributed by atoms with Gasteiger partial charge in [-0.15, -0.1) is 11.3 Å². The molecule has 6 nitrogen and oxygen atoms in total. The largest absolute Gasteiger partial charge is 0.497 e. The number of anilines is 1. The quantitative estimate of drug-likeness (QED) is 0.473. The number of amides is 1. The van der Waals surface area contributed by atoms with Gasteiger partial charge in [0.1, 0.15) is 10.4 Å². The van der Waals surface area contributed by atoms with E-state index in [4.69, 9.17) is 4.74 Å². The summed E-state index contributed by atoms with van der Waals surface area (Å²) in [7, 11) is 1.58. The molecule has 27 heavy (non-hydrogen) atoms. The molecule has 0 radical (unpaired) electrons. The highest BCUT2D eigenvalue weighted by molar-refractivity contribution is 7.99. The average Bonchev–Trinajstić information content (AvgIpc) is 3.15. The molecule has 2 heterocycles. The number of thioether (sulfide) groups is 1. The first-order valence-electron chi connectivity index (χ1n) is 8.60. The Bertz CT molecular complexity index is 1010. The van der Waals surface area contributed by atoms with Crippen LogP contribution in [0.25, 0.3) is 10.2 Å². The minimum Gasteiger partial charge on any atom is -0.497 e. The first kappa shape index (κ1) is 19.4. The summed E-state index contributed by atoms with van der Waals surface area (Å²) in [5.41, 5.74) is 1.31. The zero-order valence-corrected chi connectivity index (χ0v) is 17.0. The SMILES string of the molecule is CC[C@H](C)n1c(SCC(=O)Nc2cccc(OC)c2)nc2ccsc2c1=O. The molecule has 0 aliphatic heterocycles. The van der Waals surface area contributed by atoms with Crippen LogP contribution in [0.5, 0.6) is 5.75 Å². The maximum absolute atomic E-state index is 12.8. The van der Waals surface area contributed by atoms with Crippen molar-refractivity contribution < 1.29 is 9.53 Å². The molecule has 0 aliphatic rings. The lowest BCUT2D eigenvalue weighted by atomic mass is 10.2. The maximum Gasteiger partial charge on any atom is 0.272 e. The molecule has 1 amide bonds. The van der Waals surface area contributed by atoms with Gasteiger partial charge < -0.3 is 10.1 Å². The lowest BCUT2D eigenvalue weighted by molar-refractivity contribution is -0.113. The lowest BCUT2D eigenvalue weighted by Gasteiger charge is -2.17. The summed E-state index contributed by atoms with van der Waals surface area (Å²) in [6, 6.07) is 9.04. The third kappa shape index (κ3) is 4.33. The van der Waals surface area contributed by atoms with Crippen LogP contribution in [-0.4, -0.2) is 28.3 Å². The Labute approximate surface area is 165 Å². The third-order valence-corrected chi connectivity index (χ3v) is 6.04. The Hall–Kier alpha value is -2.32. The number of rotatable bonds is 7. The molecule has 3 aromatic rings. The summed E-state index contributed by atoms with van der Waals surface area (Å²) in [5.74, 6) is 0.676. The number of ether oxygens (including phenoxy) is 1. The van der Waals surface area contributed by atoms with Gasteiger partial charge in [0.25, 0.3) is 5.56 Å². The number of hydrogen-bond donors (Lipinski definition) is 1. The average molecular weight is 404 g/mol. The molecule has 3 rings (SSSR count). The highest BCUT2D eigenvalue weighted by Gasteiger charge is 2.17. The molecule has 0 saturated carbocycles. The molecule has 2 aromatic heterocycles. The van der Waals surface area contributed by atoms with Crippen LogP contribution in [-0.2, 0) is 4.79 Å². The second kappa shape index (κ2) is 8.58. The van der Waals surface area contributed by atoms with Gasteiger partial charge in [0, 0.05) is 17.8 Å².